The molecule has 1 aliphatic heterocycles. The number of hydrogen-bond acceptors (Lipinski definition) is 2. The third kappa shape index (κ3) is 2.01. The fourth-order valence-corrected chi connectivity index (χ4v) is 2.59. The highest BCUT2D eigenvalue weighted by Crippen LogP contribution is 2.38. The van der Waals surface area contributed by atoms with E-state index in [1.165, 1.54) is 5.57 Å². The third-order valence-electron chi connectivity index (χ3n) is 2.96. The Hall–Kier alpha value is -1.53. The van der Waals surface area contributed by atoms with Gasteiger partial charge in [0.2, 0.25) is 0 Å². The van der Waals surface area contributed by atoms with Crippen molar-refractivity contribution in [1.29, 1.82) is 0 Å². The highest BCUT2D eigenvalue weighted by Gasteiger charge is 2.18. The van der Waals surface area contributed by atoms with Gasteiger partial charge in [-0.15, -0.1) is 0 Å². The standard InChI is InChI=1S/C14H13O2P/c1-10-5-4-8-14-12(10)9-11-6-2-3-7-13(11)15-17-16-14/h2-10,17H,1H3/b12-9-. The van der Waals surface area contributed by atoms with E-state index in [-0.39, 0.29) is 9.03 Å². The smallest absolute Gasteiger partial charge is 0.275 e. The number of benzene rings is 1. The number of hydrogen-bond donors (Lipinski definition) is 0. The first-order chi connectivity index (χ1) is 8.34. The molecule has 3 heteroatoms. The molecule has 0 saturated carbocycles. The molecule has 1 aromatic rings. The van der Waals surface area contributed by atoms with Gasteiger partial charge >= 0.3 is 0 Å². The van der Waals surface area contributed by atoms with Crippen LogP contribution in [0.1, 0.15) is 12.5 Å². The van der Waals surface area contributed by atoms with Gasteiger partial charge in [-0.2, -0.15) is 0 Å². The highest BCUT2D eigenvalue weighted by molar-refractivity contribution is 7.26. The molecule has 2 unspecified atom stereocenters. The van der Waals surface area contributed by atoms with Crippen molar-refractivity contribution >= 4 is 15.1 Å². The molecular weight excluding hydrogens is 231 g/mol. The maximum absolute atomic E-state index is 5.66. The molecular formula is C14H13O2P. The molecule has 0 N–H and O–H groups in total. The van der Waals surface area contributed by atoms with Crippen molar-refractivity contribution in [3.63, 3.8) is 0 Å². The van der Waals surface area contributed by atoms with Gasteiger partial charge in [0.25, 0.3) is 9.03 Å². The Morgan fingerprint density at radius 2 is 2.06 bits per heavy atom. The normalized spacial score (nSPS) is 26.3. The molecule has 2 nitrogen and oxygen atoms in total. The van der Waals surface area contributed by atoms with Gasteiger partial charge in [-0.05, 0) is 18.2 Å². The summed E-state index contributed by atoms with van der Waals surface area (Å²) < 4.78 is 11.3. The van der Waals surface area contributed by atoms with Gasteiger partial charge in [-0.25, -0.2) is 0 Å². The summed E-state index contributed by atoms with van der Waals surface area (Å²) in [6, 6.07) is 8.05. The van der Waals surface area contributed by atoms with E-state index in [2.05, 4.69) is 25.1 Å². The minimum atomic E-state index is 0.0140. The molecule has 0 saturated heterocycles. The quantitative estimate of drug-likeness (QED) is 0.640. The molecule has 1 aromatic carbocycles. The summed E-state index contributed by atoms with van der Waals surface area (Å²) >= 11 is 0. The second-order valence-electron chi connectivity index (χ2n) is 4.13. The first-order valence-electron chi connectivity index (χ1n) is 5.63. The van der Waals surface area contributed by atoms with Crippen molar-refractivity contribution in [2.24, 2.45) is 5.92 Å². The predicted octanol–water partition coefficient (Wildman–Crippen LogP) is 4.08. The molecule has 0 bridgehead atoms. The van der Waals surface area contributed by atoms with Crippen LogP contribution in [0.3, 0.4) is 0 Å². The van der Waals surface area contributed by atoms with Gasteiger partial charge in [0.05, 0.1) is 0 Å². The van der Waals surface area contributed by atoms with Crippen LogP contribution in [-0.4, -0.2) is 0 Å². The van der Waals surface area contributed by atoms with Crippen LogP contribution >= 0.6 is 9.03 Å². The largest absolute Gasteiger partial charge is 0.440 e. The molecule has 0 fully saturated rings. The van der Waals surface area contributed by atoms with Gasteiger partial charge in [0.15, 0.2) is 0 Å². The van der Waals surface area contributed by atoms with Crippen molar-refractivity contribution in [3.8, 4) is 5.75 Å². The Labute approximate surface area is 103 Å². The van der Waals surface area contributed by atoms with E-state index in [1.54, 1.807) is 0 Å². The van der Waals surface area contributed by atoms with E-state index in [0.29, 0.717) is 5.92 Å². The summed E-state index contributed by atoms with van der Waals surface area (Å²) in [5, 5.41) is 0. The molecule has 3 rings (SSSR count). The number of allylic oxidation sites excluding steroid dienone is 4. The Balaban J connectivity index is 2.12. The average Bonchev–Trinajstić information content (AvgIpc) is 2.31. The van der Waals surface area contributed by atoms with E-state index in [0.717, 1.165) is 17.1 Å². The Kier molecular flexibility index (Phi) is 2.74. The van der Waals surface area contributed by atoms with E-state index in [9.17, 15) is 0 Å². The lowest BCUT2D eigenvalue weighted by Crippen LogP contribution is -2.05. The average molecular weight is 244 g/mol. The van der Waals surface area contributed by atoms with Crippen molar-refractivity contribution in [2.45, 2.75) is 6.92 Å². The zero-order valence-electron chi connectivity index (χ0n) is 9.51. The second kappa shape index (κ2) is 4.38. The minimum absolute atomic E-state index is 0.0140. The van der Waals surface area contributed by atoms with Gasteiger partial charge < -0.3 is 9.05 Å². The van der Waals surface area contributed by atoms with Crippen molar-refractivity contribution in [2.75, 3.05) is 0 Å². The topological polar surface area (TPSA) is 18.5 Å². The first kappa shape index (κ1) is 10.6. The lowest BCUT2D eigenvalue weighted by Gasteiger charge is -2.22. The van der Waals surface area contributed by atoms with Crippen LogP contribution in [0.2, 0.25) is 0 Å². The Bertz CT molecular complexity index is 529. The fourth-order valence-electron chi connectivity index (χ4n) is 2.00. The summed E-state index contributed by atoms with van der Waals surface area (Å²) in [5.74, 6) is 2.19. The second-order valence-corrected chi connectivity index (χ2v) is 4.70. The van der Waals surface area contributed by atoms with E-state index in [4.69, 9.17) is 9.05 Å². The SMILES string of the molecule is CC1C=CC=C2OPOc3ccccc3/C=C\21. The van der Waals surface area contributed by atoms with Crippen LogP contribution in [0.25, 0.3) is 6.08 Å². The fraction of sp³-hybridized carbons (Fsp3) is 0.143. The van der Waals surface area contributed by atoms with Gasteiger partial charge in [-0.1, -0.05) is 37.3 Å². The van der Waals surface area contributed by atoms with E-state index >= 15 is 0 Å². The maximum Gasteiger partial charge on any atom is 0.275 e. The molecule has 1 heterocycles. The summed E-state index contributed by atoms with van der Waals surface area (Å²) in [6.45, 7) is 2.17. The van der Waals surface area contributed by atoms with Crippen LogP contribution in [0, 0.1) is 5.92 Å². The van der Waals surface area contributed by atoms with Crippen molar-refractivity contribution in [1.82, 2.24) is 0 Å². The molecule has 0 radical (unpaired) electrons. The van der Waals surface area contributed by atoms with Gasteiger partial charge in [-0.3, -0.25) is 0 Å². The maximum atomic E-state index is 5.66. The minimum Gasteiger partial charge on any atom is -0.440 e. The summed E-state index contributed by atoms with van der Waals surface area (Å²) in [6.07, 6.45) is 8.36. The summed E-state index contributed by atoms with van der Waals surface area (Å²) in [5.41, 5.74) is 2.34. The monoisotopic (exact) mass is 244 g/mol. The van der Waals surface area contributed by atoms with Crippen molar-refractivity contribution in [3.05, 3.63) is 59.4 Å². The zero-order valence-corrected chi connectivity index (χ0v) is 10.5. The molecule has 2 aliphatic rings. The van der Waals surface area contributed by atoms with E-state index < -0.39 is 0 Å². The molecule has 2 atom stereocenters. The first-order valence-corrected chi connectivity index (χ1v) is 6.44. The number of rotatable bonds is 0. The molecule has 1 aliphatic carbocycles. The number of para-hydroxylation sites is 1. The molecule has 86 valence electrons. The molecule has 0 aromatic heterocycles. The highest BCUT2D eigenvalue weighted by atomic mass is 31.1. The van der Waals surface area contributed by atoms with Crippen LogP contribution in [0.15, 0.2) is 53.8 Å². The number of fused-ring (bicyclic) bond motifs is 2. The molecule has 17 heavy (non-hydrogen) atoms. The van der Waals surface area contributed by atoms with Crippen LogP contribution < -0.4 is 4.52 Å². The lowest BCUT2D eigenvalue weighted by molar-refractivity contribution is 0.423. The Morgan fingerprint density at radius 1 is 1.18 bits per heavy atom. The van der Waals surface area contributed by atoms with Crippen LogP contribution in [0.5, 0.6) is 5.75 Å². The third-order valence-corrected chi connectivity index (χ3v) is 3.56. The predicted molar refractivity (Wildman–Crippen MR) is 70.8 cm³/mol. The van der Waals surface area contributed by atoms with Gasteiger partial charge in [0.1, 0.15) is 11.5 Å². The van der Waals surface area contributed by atoms with Crippen LogP contribution in [-0.2, 0) is 4.52 Å². The lowest BCUT2D eigenvalue weighted by atomic mass is 9.93. The zero-order chi connectivity index (χ0) is 11.7. The van der Waals surface area contributed by atoms with Crippen molar-refractivity contribution < 1.29 is 9.05 Å². The summed E-state index contributed by atoms with van der Waals surface area (Å²) in [4.78, 5) is 0. The Morgan fingerprint density at radius 3 is 3.00 bits per heavy atom. The molecule has 0 amide bonds. The summed E-state index contributed by atoms with van der Waals surface area (Å²) in [7, 11) is 0.0140. The van der Waals surface area contributed by atoms with Gasteiger partial charge in [0, 0.05) is 17.1 Å². The molecule has 0 spiro atoms. The van der Waals surface area contributed by atoms with Crippen LogP contribution in [0.4, 0.5) is 0 Å². The van der Waals surface area contributed by atoms with E-state index in [1.807, 2.05) is 30.4 Å².